The molecule has 3 aromatic heterocycles. The smallest absolute Gasteiger partial charge is 0.338 e. The van der Waals surface area contributed by atoms with E-state index in [0.717, 1.165) is 0 Å². The minimum atomic E-state index is -2.95. The SMILES string of the molecule is Nc1ccn2ncc(C(=O)Nc3cn(C4COC(COC(=O)c5ccccc5)OC4)nc3C(F)F)c2n1. The molecule has 14 heteroatoms. The maximum Gasteiger partial charge on any atom is 0.338 e. The Balaban J connectivity index is 1.22. The van der Waals surface area contributed by atoms with Crippen LogP contribution >= 0.6 is 0 Å². The number of carbonyl (C=O) groups is 2. The molecule has 1 saturated heterocycles. The maximum absolute atomic E-state index is 13.7. The van der Waals surface area contributed by atoms with Crippen LogP contribution in [0.1, 0.15) is 38.9 Å². The quantitative estimate of drug-likeness (QED) is 0.356. The molecule has 4 heterocycles. The predicted octanol–water partition coefficient (Wildman–Crippen LogP) is 2.47. The van der Waals surface area contributed by atoms with E-state index in [-0.39, 0.29) is 42.5 Å². The van der Waals surface area contributed by atoms with Gasteiger partial charge in [-0.15, -0.1) is 0 Å². The average molecular weight is 513 g/mol. The number of rotatable bonds is 7. The van der Waals surface area contributed by atoms with Crippen LogP contribution in [0, 0.1) is 0 Å². The summed E-state index contributed by atoms with van der Waals surface area (Å²) in [5, 5.41) is 10.4. The van der Waals surface area contributed by atoms with E-state index in [2.05, 4.69) is 20.5 Å². The maximum atomic E-state index is 13.7. The van der Waals surface area contributed by atoms with Crippen LogP contribution in [0.15, 0.2) is 55.0 Å². The van der Waals surface area contributed by atoms with E-state index in [4.69, 9.17) is 19.9 Å². The van der Waals surface area contributed by atoms with Crippen molar-refractivity contribution in [3.63, 3.8) is 0 Å². The molecule has 0 aliphatic carbocycles. The molecule has 0 radical (unpaired) electrons. The lowest BCUT2D eigenvalue weighted by Gasteiger charge is -2.29. The number of hydrogen-bond acceptors (Lipinski definition) is 9. The molecule has 0 bridgehead atoms. The number of nitrogen functional groups attached to an aromatic ring is 1. The third kappa shape index (κ3) is 5.24. The molecule has 1 aliphatic heterocycles. The molecule has 1 amide bonds. The van der Waals surface area contributed by atoms with Crippen LogP contribution in [-0.4, -0.2) is 62.4 Å². The number of ether oxygens (including phenoxy) is 3. The first kappa shape index (κ1) is 24.3. The van der Waals surface area contributed by atoms with E-state index < -0.39 is 36.3 Å². The zero-order valence-electron chi connectivity index (χ0n) is 19.2. The first-order valence-corrected chi connectivity index (χ1v) is 11.1. The largest absolute Gasteiger partial charge is 0.457 e. The second-order valence-electron chi connectivity index (χ2n) is 8.06. The number of carbonyl (C=O) groups excluding carboxylic acids is 2. The second-order valence-corrected chi connectivity index (χ2v) is 8.06. The zero-order valence-corrected chi connectivity index (χ0v) is 19.2. The molecule has 0 spiro atoms. The Bertz CT molecular complexity index is 1420. The highest BCUT2D eigenvalue weighted by atomic mass is 19.3. The lowest BCUT2D eigenvalue weighted by molar-refractivity contribution is -0.212. The summed E-state index contributed by atoms with van der Waals surface area (Å²) in [6.07, 6.45) is 0.293. The van der Waals surface area contributed by atoms with Gasteiger partial charge >= 0.3 is 5.97 Å². The summed E-state index contributed by atoms with van der Waals surface area (Å²) >= 11 is 0. The van der Waals surface area contributed by atoms with Crippen molar-refractivity contribution in [3.8, 4) is 0 Å². The van der Waals surface area contributed by atoms with Crippen molar-refractivity contribution in [1.29, 1.82) is 0 Å². The summed E-state index contributed by atoms with van der Waals surface area (Å²) in [4.78, 5) is 29.0. The Labute approximate surface area is 207 Å². The number of nitrogens with one attached hydrogen (secondary N) is 1. The van der Waals surface area contributed by atoms with Gasteiger partial charge in [0.15, 0.2) is 17.6 Å². The summed E-state index contributed by atoms with van der Waals surface area (Å²) in [6.45, 7) is -0.0214. The molecule has 192 valence electrons. The van der Waals surface area contributed by atoms with Crippen molar-refractivity contribution in [2.45, 2.75) is 18.8 Å². The molecule has 0 atom stereocenters. The van der Waals surface area contributed by atoms with Crippen molar-refractivity contribution in [2.24, 2.45) is 0 Å². The number of alkyl halides is 2. The van der Waals surface area contributed by atoms with Crippen molar-refractivity contribution >= 4 is 29.0 Å². The molecule has 12 nitrogen and oxygen atoms in total. The van der Waals surface area contributed by atoms with E-state index in [9.17, 15) is 18.4 Å². The Hall–Kier alpha value is -4.43. The zero-order chi connectivity index (χ0) is 25.9. The number of esters is 1. The summed E-state index contributed by atoms with van der Waals surface area (Å²) in [5.41, 5.74) is 5.51. The van der Waals surface area contributed by atoms with E-state index >= 15 is 0 Å². The molecule has 3 N–H and O–H groups in total. The highest BCUT2D eigenvalue weighted by molar-refractivity contribution is 6.08. The predicted molar refractivity (Wildman–Crippen MR) is 124 cm³/mol. The van der Waals surface area contributed by atoms with Crippen molar-refractivity contribution in [2.75, 3.05) is 30.9 Å². The Kier molecular flexibility index (Phi) is 6.74. The summed E-state index contributed by atoms with van der Waals surface area (Å²) in [7, 11) is 0. The number of nitrogens with two attached hydrogens (primary N) is 1. The van der Waals surface area contributed by atoms with Crippen LogP contribution in [-0.2, 0) is 14.2 Å². The van der Waals surface area contributed by atoms with Gasteiger partial charge in [0, 0.05) is 12.4 Å². The molecule has 0 saturated carbocycles. The van der Waals surface area contributed by atoms with Gasteiger partial charge < -0.3 is 25.3 Å². The number of anilines is 2. The standard InChI is InChI=1S/C23H21F2N7O5/c24-20(25)19-16(28-22(33)15-8-27-31-7-6-17(26)29-21(15)31)9-32(30-19)14-10-35-18(36-11-14)12-37-23(34)13-4-2-1-3-5-13/h1-9,14,18,20H,10-12H2,(H2,26,29)(H,28,33). The molecule has 1 aliphatic rings. The van der Waals surface area contributed by atoms with E-state index in [1.54, 1.807) is 30.3 Å². The van der Waals surface area contributed by atoms with Gasteiger partial charge in [0.05, 0.1) is 36.7 Å². The van der Waals surface area contributed by atoms with Crippen LogP contribution < -0.4 is 11.1 Å². The minimum absolute atomic E-state index is 0.0532. The molecule has 37 heavy (non-hydrogen) atoms. The second kappa shape index (κ2) is 10.3. The first-order chi connectivity index (χ1) is 17.9. The van der Waals surface area contributed by atoms with Gasteiger partial charge in [-0.05, 0) is 18.2 Å². The molecule has 1 fully saturated rings. The van der Waals surface area contributed by atoms with Crippen LogP contribution in [0.5, 0.6) is 0 Å². The van der Waals surface area contributed by atoms with Crippen LogP contribution in [0.4, 0.5) is 20.3 Å². The van der Waals surface area contributed by atoms with Crippen molar-refractivity contribution < 1.29 is 32.6 Å². The average Bonchev–Trinajstić information content (AvgIpc) is 3.52. The molecule has 1 aromatic carbocycles. The Morgan fingerprint density at radius 1 is 1.19 bits per heavy atom. The van der Waals surface area contributed by atoms with Crippen LogP contribution in [0.25, 0.3) is 5.65 Å². The van der Waals surface area contributed by atoms with E-state index in [0.29, 0.717) is 5.56 Å². The molecule has 0 unspecified atom stereocenters. The van der Waals surface area contributed by atoms with E-state index in [1.807, 2.05) is 0 Å². The Morgan fingerprint density at radius 3 is 2.68 bits per heavy atom. The topological polar surface area (TPSA) is 148 Å². The first-order valence-electron chi connectivity index (χ1n) is 11.1. The molecular weight excluding hydrogens is 492 g/mol. The fourth-order valence-electron chi connectivity index (χ4n) is 3.67. The number of hydrogen-bond donors (Lipinski definition) is 2. The lowest BCUT2D eigenvalue weighted by atomic mass is 10.2. The number of benzene rings is 1. The highest BCUT2D eigenvalue weighted by Gasteiger charge is 2.29. The molecule has 4 aromatic rings. The van der Waals surface area contributed by atoms with Gasteiger partial charge in [-0.2, -0.15) is 10.2 Å². The third-order valence-corrected chi connectivity index (χ3v) is 5.53. The number of amides is 1. The minimum Gasteiger partial charge on any atom is -0.457 e. The summed E-state index contributed by atoms with van der Waals surface area (Å²) < 4.78 is 46.3. The van der Waals surface area contributed by atoms with Gasteiger partial charge in [0.2, 0.25) is 0 Å². The third-order valence-electron chi connectivity index (χ3n) is 5.53. The van der Waals surface area contributed by atoms with Gasteiger partial charge in [-0.1, -0.05) is 18.2 Å². The van der Waals surface area contributed by atoms with Crippen LogP contribution in [0.2, 0.25) is 0 Å². The number of nitrogens with zero attached hydrogens (tertiary/aromatic N) is 5. The van der Waals surface area contributed by atoms with Crippen LogP contribution in [0.3, 0.4) is 0 Å². The Morgan fingerprint density at radius 2 is 1.95 bits per heavy atom. The highest BCUT2D eigenvalue weighted by Crippen LogP contribution is 2.29. The monoisotopic (exact) mass is 513 g/mol. The number of halogens is 2. The lowest BCUT2D eigenvalue weighted by Crippen LogP contribution is -2.37. The van der Waals surface area contributed by atoms with E-state index in [1.165, 1.54) is 33.9 Å². The fraction of sp³-hybridized carbons (Fsp3) is 0.261. The van der Waals surface area contributed by atoms with Gasteiger partial charge in [0.25, 0.3) is 12.3 Å². The normalized spacial score (nSPS) is 17.7. The summed E-state index contributed by atoms with van der Waals surface area (Å²) in [6, 6.07) is 9.41. The number of aromatic nitrogens is 5. The molecule has 5 rings (SSSR count). The number of fused-ring (bicyclic) bond motifs is 1. The molecular formula is C23H21F2N7O5. The van der Waals surface area contributed by atoms with Crippen molar-refractivity contribution in [1.82, 2.24) is 24.4 Å². The fourth-order valence-corrected chi connectivity index (χ4v) is 3.67. The summed E-state index contributed by atoms with van der Waals surface area (Å²) in [5.74, 6) is -1.05. The van der Waals surface area contributed by atoms with Gasteiger partial charge in [0.1, 0.15) is 18.0 Å². The van der Waals surface area contributed by atoms with Gasteiger partial charge in [-0.3, -0.25) is 9.48 Å². The van der Waals surface area contributed by atoms with Crippen molar-refractivity contribution in [3.05, 3.63) is 71.8 Å². The van der Waals surface area contributed by atoms with Gasteiger partial charge in [-0.25, -0.2) is 23.1 Å².